The molecule has 0 aromatic heterocycles. The SMILES string of the molecule is C.C.C.C.C.C.C.C.C.C.C.C.C=C[CH-]C.C=C[CH-]S(=O)(=O)[O-].C=C[CH-]S(=O)(=O)[O-].C[CH-]C.C[CH-]S(=O)(=O)Cl.C[CH-]S(=O)[O-].ClCl.O=S=S(=O)=O.[Na+].[Na+].[Na][Na].[Rf].[Rf].[Rf].[Rf].[Rf].[Rf].[Rf].[Rf].[Rf].[Rf].[Rf].[Rf].c1ccc([S+](c2ccccc2)c2ccccc2)cc1.c1ccc([S+](c2ccccc2)c2ccccc2)cc1. The molecule has 0 heterocycles. The van der Waals surface area contributed by atoms with E-state index in [1.165, 1.54) is 86.8 Å². The fourth-order valence-corrected chi connectivity index (χ4v) is 9.07. The van der Waals surface area contributed by atoms with E-state index in [1.54, 1.807) is 6.08 Å². The zero-order valence-corrected chi connectivity index (χ0v) is 148. The van der Waals surface area contributed by atoms with E-state index in [4.69, 9.17) is 12.6 Å². The smallest absolute Gasteiger partial charge is 0.0619 e. The molecule has 0 amide bonds. The Morgan fingerprint density at radius 1 is 0.400 bits per heavy atom. The molecule has 13 nitrogen and oxygen atoms in total. The topological polar surface area (TPSA) is 240 Å². The second kappa shape index (κ2) is 131. The van der Waals surface area contributed by atoms with E-state index in [0.29, 0.717) is 11.5 Å². The van der Waals surface area contributed by atoms with Crippen molar-refractivity contribution in [1.29, 1.82) is 0 Å². The van der Waals surface area contributed by atoms with E-state index < -0.39 is 59.9 Å². The molecule has 0 spiro atoms. The molecule has 105 heavy (non-hydrogen) atoms. The van der Waals surface area contributed by atoms with Crippen LogP contribution in [0.2, 0.25) is 0 Å². The molecular formula is C65H108Cl3Na4O13Rf12S8-5. The molecule has 0 aliphatic carbocycles. The first kappa shape index (κ1) is 205. The van der Waals surface area contributed by atoms with Crippen LogP contribution in [0, 0.1) is 35.9 Å². The van der Waals surface area contributed by atoms with Crippen LogP contribution in [0.1, 0.15) is 124 Å². The Morgan fingerprint density at radius 2 is 0.514 bits per heavy atom. The van der Waals surface area contributed by atoms with Gasteiger partial charge in [0, 0.05) is 41.9 Å². The number of halogens is 3. The first-order valence-corrected chi connectivity index (χ1v) is 42.8. The number of rotatable bonds is 13. The van der Waals surface area contributed by atoms with Gasteiger partial charge in [-0.1, -0.05) is 198 Å². The minimum Gasteiger partial charge on any atom is -0.0619 e. The molecular weight excluding hydrogens is 4650 g/mol. The van der Waals surface area contributed by atoms with Gasteiger partial charge in [-0.15, -0.1) is 18.4 Å². The third-order valence-corrected chi connectivity index (χ3v) is 14.6. The van der Waals surface area contributed by atoms with Gasteiger partial charge in [0.15, 0.2) is 29.4 Å². The third kappa shape index (κ3) is 129. The molecule has 6 rings (SSSR count). The van der Waals surface area contributed by atoms with Crippen LogP contribution in [0.5, 0.6) is 0 Å². The van der Waals surface area contributed by atoms with Gasteiger partial charge in [0.1, 0.15) is 9.05 Å². The second-order valence-corrected chi connectivity index (χ2v) is 24.9. The van der Waals surface area contributed by atoms with E-state index >= 15 is 0 Å². The molecule has 0 saturated carbocycles. The Hall–Kier alpha value is -12.6. The van der Waals surface area contributed by atoms with Crippen LogP contribution in [0.15, 0.2) is 249 Å². The molecule has 0 N–H and O–H groups in total. The maximum Gasteiger partial charge on any atom is 0.166 e. The van der Waals surface area contributed by atoms with Gasteiger partial charge >= 0.3 is 112 Å². The van der Waals surface area contributed by atoms with Crippen molar-refractivity contribution in [2.45, 2.75) is 153 Å². The summed E-state index contributed by atoms with van der Waals surface area (Å²) in [5.74, 6) is 2.99. The predicted molar refractivity (Wildman–Crippen MR) is 412 cm³/mol. The molecule has 1 atom stereocenters. The molecule has 0 aliphatic heterocycles. The van der Waals surface area contributed by atoms with Crippen molar-refractivity contribution in [2.75, 3.05) is 0 Å². The van der Waals surface area contributed by atoms with Crippen molar-refractivity contribution in [3.8, 4) is 0 Å². The summed E-state index contributed by atoms with van der Waals surface area (Å²) >= 11 is 0.941. The van der Waals surface area contributed by atoms with E-state index in [-0.39, 0.29) is 170 Å². The monoisotopic (exact) mass is 4750 g/mol. The van der Waals surface area contributed by atoms with Gasteiger partial charge in [-0.3, -0.25) is 22.6 Å². The molecule has 0 fully saturated rings. The van der Waals surface area contributed by atoms with Gasteiger partial charge in [-0.25, -0.2) is 63.9 Å². The summed E-state index contributed by atoms with van der Waals surface area (Å²) in [5, 5.41) is 0. The van der Waals surface area contributed by atoms with Crippen molar-refractivity contribution < 1.29 is 115 Å². The summed E-state index contributed by atoms with van der Waals surface area (Å²) < 4.78 is 122. The largest absolute Gasteiger partial charge is 0.166 e. The molecule has 548 valence electrons. The average molecular weight is 4760 g/mol. The Kier molecular flexibility index (Phi) is 256. The normalized spacial score (nSPS) is 7.40. The standard InChI is InChI=1S/2C18H15S.C4H7.2C3H5O3S.C3H7.C2H4ClO2S.C2H5O2S.12CH4.Cl2.4Na.O3S2.12Rf/c2*1-4-10-16(11-5-1)19(17-12-6-2-7-13-17)18-14-8-3-9-15-18;1-3-4-2;2*1-2-3-7(4,5)6;1-3-2;1-2-6(3,4)5;1-2-5(3)4;;;;;;;;;;;;;1-2;;;;;1-4-5(2)3;;;;;;;;;;;;/h2*1-15H;3-4H,1H2,2H3;2*2-3H,1H2,(H,4,5,6);3H,1-2H3;2H,1H3;2H,1H3,(H,3,4);12*1H4;;;;;;;;;;;;;;;;;;/q2*+1;6*-1;;;;;;;;;;;;;;;;2*+1;;;;;;;;;;;;;/p-3. The summed E-state index contributed by atoms with van der Waals surface area (Å²) in [7, 11) is -1.74. The molecule has 0 saturated heterocycles. The first-order chi connectivity index (χ1) is 37.4. The van der Waals surface area contributed by atoms with Gasteiger partial charge in [-0.2, -0.15) is 46.1 Å². The van der Waals surface area contributed by atoms with E-state index in [2.05, 4.69) is 234 Å². The van der Waals surface area contributed by atoms with E-state index in [1.807, 2.05) is 33.6 Å². The van der Waals surface area contributed by atoms with Crippen LogP contribution in [0.3, 0.4) is 0 Å². The summed E-state index contributed by atoms with van der Waals surface area (Å²) in [6, 6.07) is 64.3. The zero-order valence-electron chi connectivity index (χ0n) is 54.8. The summed E-state index contributed by atoms with van der Waals surface area (Å²) in [4.78, 5) is 8.17. The molecule has 0 radical (unpaired) electrons. The Bertz CT molecular complexity index is 2680. The van der Waals surface area contributed by atoms with E-state index in [0.717, 1.165) is 23.7 Å². The molecule has 0 bridgehead atoms. The minimum absolute atomic E-state index is 0. The number of hydrogen-bond acceptors (Lipinski definition) is 13. The van der Waals surface area contributed by atoms with Gasteiger partial charge in [-0.05, 0) is 83.5 Å². The maximum absolute atomic E-state index is 9.71. The fraction of sp³-hybridized carbons (Fsp3) is 0.262. The van der Waals surface area contributed by atoms with Crippen LogP contribution >= 0.6 is 32.4 Å². The Labute approximate surface area is 671 Å². The molecule has 40 heteroatoms. The molecule has 6 aromatic rings. The predicted octanol–water partition coefficient (Wildman–Crippen LogP) is 14.0. The summed E-state index contributed by atoms with van der Waals surface area (Å²) in [6.07, 6.45) is 7.50. The maximum atomic E-state index is 9.71. The molecule has 6 aromatic carbocycles. The van der Waals surface area contributed by atoms with Crippen molar-refractivity contribution in [3.63, 3.8) is 0 Å². The van der Waals surface area contributed by atoms with Crippen LogP contribution in [0.25, 0.3) is 0 Å². The number of allylic oxidation sites excluding steroid dienone is 1. The van der Waals surface area contributed by atoms with E-state index in [9.17, 15) is 43.1 Å². The number of benzene rings is 6. The Balaban J connectivity index is -0.0000000207. The quantitative estimate of drug-likeness (QED) is 0.0261. The number of hydrogen-bond donors (Lipinski definition) is 0. The zero-order chi connectivity index (χ0) is 61.6. The van der Waals surface area contributed by atoms with Crippen LogP contribution in [0.4, 0.5) is 0 Å². The van der Waals surface area contributed by atoms with Crippen molar-refractivity contribution in [1.82, 2.24) is 0 Å². The van der Waals surface area contributed by atoms with Crippen LogP contribution in [-0.2, 0) is 81.6 Å². The van der Waals surface area contributed by atoms with Crippen molar-refractivity contribution >= 4 is 158 Å². The minimum atomic E-state index is -4.17. The van der Waals surface area contributed by atoms with Crippen LogP contribution in [-0.4, -0.2) is 99.4 Å². The van der Waals surface area contributed by atoms with Crippen molar-refractivity contribution in [3.05, 3.63) is 256 Å². The summed E-state index contributed by atoms with van der Waals surface area (Å²) in [6.45, 7) is 18.2. The summed E-state index contributed by atoms with van der Waals surface area (Å²) in [5.41, 5.74) is 0. The first-order valence-electron chi connectivity index (χ1n) is 22.4. The average Bonchev–Trinajstić information content (AvgIpc) is 3.44. The molecule has 1 unspecified atom stereocenters. The van der Waals surface area contributed by atoms with Gasteiger partial charge in [0.2, 0.25) is 10.2 Å². The molecule has 0 aliphatic rings. The van der Waals surface area contributed by atoms with Crippen LogP contribution < -0.4 is 59.1 Å². The Morgan fingerprint density at radius 3 is 0.562 bits per heavy atom. The van der Waals surface area contributed by atoms with Gasteiger partial charge in [0.25, 0.3) is 0 Å². The van der Waals surface area contributed by atoms with Gasteiger partial charge < -0.3 is 24.3 Å². The van der Waals surface area contributed by atoms with Crippen molar-refractivity contribution in [2.24, 2.45) is 0 Å². The second-order valence-electron chi connectivity index (χ2n) is 12.8. The fourth-order valence-electron chi connectivity index (χ4n) is 4.39. The van der Waals surface area contributed by atoms with Gasteiger partial charge in [0.05, 0.1) is 21.8 Å². The third-order valence-electron chi connectivity index (χ3n) is 7.16.